The predicted molar refractivity (Wildman–Crippen MR) is 75.1 cm³/mol. The van der Waals surface area contributed by atoms with Crippen LogP contribution in [0.5, 0.6) is 0 Å². The summed E-state index contributed by atoms with van der Waals surface area (Å²) in [4.78, 5) is 26.6. The number of benzene rings is 1. The van der Waals surface area contributed by atoms with Crippen LogP contribution in [0.25, 0.3) is 0 Å². The minimum Gasteiger partial charge on any atom is -0.336 e. The van der Waals surface area contributed by atoms with Crippen molar-refractivity contribution < 1.29 is 9.59 Å². The van der Waals surface area contributed by atoms with Crippen molar-refractivity contribution >= 4 is 17.5 Å². The molecule has 0 bridgehead atoms. The van der Waals surface area contributed by atoms with Crippen LogP contribution in [-0.4, -0.2) is 36.9 Å². The Morgan fingerprint density at radius 1 is 0.947 bits per heavy atom. The molecule has 2 rings (SSSR count). The Morgan fingerprint density at radius 3 is 2.05 bits per heavy atom. The Labute approximate surface area is 114 Å². The van der Waals surface area contributed by atoms with E-state index in [0.717, 1.165) is 5.69 Å². The topological polar surface area (TPSA) is 40.6 Å². The van der Waals surface area contributed by atoms with Crippen molar-refractivity contribution in [3.63, 3.8) is 0 Å². The third-order valence-electron chi connectivity index (χ3n) is 3.48. The quantitative estimate of drug-likeness (QED) is 0.722. The molecule has 0 atom stereocenters. The number of carbonyl (C=O) groups is 2. The van der Waals surface area contributed by atoms with Crippen LogP contribution in [0.1, 0.15) is 26.3 Å². The van der Waals surface area contributed by atoms with Crippen molar-refractivity contribution in [2.24, 2.45) is 0 Å². The lowest BCUT2D eigenvalue weighted by Crippen LogP contribution is -2.53. The molecule has 4 heteroatoms. The van der Waals surface area contributed by atoms with Gasteiger partial charge in [0.15, 0.2) is 0 Å². The van der Waals surface area contributed by atoms with Gasteiger partial charge in [0.05, 0.1) is 0 Å². The second-order valence-corrected chi connectivity index (χ2v) is 5.98. The Balaban J connectivity index is 2.24. The summed E-state index contributed by atoms with van der Waals surface area (Å²) in [5.41, 5.74) is 2.09. The van der Waals surface area contributed by atoms with E-state index in [1.807, 2.05) is 24.3 Å². The van der Waals surface area contributed by atoms with E-state index in [1.165, 1.54) is 10.5 Å². The van der Waals surface area contributed by atoms with Gasteiger partial charge in [-0.3, -0.25) is 9.59 Å². The fourth-order valence-electron chi connectivity index (χ4n) is 2.12. The lowest BCUT2D eigenvalue weighted by molar-refractivity contribution is -0.145. The van der Waals surface area contributed by atoms with Crippen LogP contribution in [-0.2, 0) is 15.0 Å². The molecule has 0 aromatic heterocycles. The summed E-state index contributed by atoms with van der Waals surface area (Å²) in [6.45, 7) is 7.56. The summed E-state index contributed by atoms with van der Waals surface area (Å²) in [7, 11) is 1.65. The number of nitrogens with zero attached hydrogens (tertiary/aromatic N) is 2. The molecule has 19 heavy (non-hydrogen) atoms. The predicted octanol–water partition coefficient (Wildman–Crippen LogP) is 1.79. The van der Waals surface area contributed by atoms with Crippen molar-refractivity contribution in [1.29, 1.82) is 0 Å². The van der Waals surface area contributed by atoms with Gasteiger partial charge in [0.25, 0.3) is 0 Å². The molecular formula is C15H20N2O2. The molecule has 0 aliphatic carbocycles. The smallest absolute Gasteiger partial charge is 0.316 e. The molecule has 2 amide bonds. The lowest BCUT2D eigenvalue weighted by Gasteiger charge is -2.31. The highest BCUT2D eigenvalue weighted by Gasteiger charge is 2.31. The Morgan fingerprint density at radius 2 is 1.53 bits per heavy atom. The van der Waals surface area contributed by atoms with Gasteiger partial charge in [0.2, 0.25) is 0 Å². The maximum absolute atomic E-state index is 12.0. The van der Waals surface area contributed by atoms with E-state index in [-0.39, 0.29) is 5.41 Å². The number of likely N-dealkylation sites (N-methyl/N-ethyl adjacent to an activating group) is 1. The van der Waals surface area contributed by atoms with Crippen molar-refractivity contribution in [3.8, 4) is 0 Å². The third kappa shape index (κ3) is 2.62. The average molecular weight is 260 g/mol. The van der Waals surface area contributed by atoms with Crippen LogP contribution in [0.4, 0.5) is 5.69 Å². The van der Waals surface area contributed by atoms with E-state index in [0.29, 0.717) is 13.1 Å². The minimum atomic E-state index is -0.447. The van der Waals surface area contributed by atoms with Crippen LogP contribution in [0, 0.1) is 0 Å². The summed E-state index contributed by atoms with van der Waals surface area (Å²) < 4.78 is 0. The van der Waals surface area contributed by atoms with Gasteiger partial charge in [0, 0.05) is 25.8 Å². The number of piperazine rings is 1. The molecule has 1 heterocycles. The Hall–Kier alpha value is -1.84. The molecule has 0 spiro atoms. The van der Waals surface area contributed by atoms with Crippen LogP contribution in [0.3, 0.4) is 0 Å². The molecule has 1 aromatic rings. The molecule has 1 aromatic carbocycles. The van der Waals surface area contributed by atoms with Gasteiger partial charge < -0.3 is 9.80 Å². The summed E-state index contributed by atoms with van der Waals surface area (Å²) in [5, 5.41) is 0. The van der Waals surface area contributed by atoms with Crippen molar-refractivity contribution in [2.75, 3.05) is 25.0 Å². The van der Waals surface area contributed by atoms with Crippen molar-refractivity contribution in [2.45, 2.75) is 26.2 Å². The first-order valence-corrected chi connectivity index (χ1v) is 6.48. The van der Waals surface area contributed by atoms with E-state index in [2.05, 4.69) is 20.8 Å². The number of hydrogen-bond acceptors (Lipinski definition) is 2. The maximum atomic E-state index is 12.0. The number of amides is 2. The highest BCUT2D eigenvalue weighted by atomic mass is 16.2. The zero-order valence-corrected chi connectivity index (χ0v) is 11.9. The molecule has 0 N–H and O–H groups in total. The van der Waals surface area contributed by atoms with Crippen LogP contribution < -0.4 is 4.90 Å². The molecule has 1 saturated heterocycles. The number of hydrogen-bond donors (Lipinski definition) is 0. The first kappa shape index (κ1) is 13.6. The summed E-state index contributed by atoms with van der Waals surface area (Å²) in [5.74, 6) is -0.886. The normalized spacial score (nSPS) is 17.1. The molecule has 0 unspecified atom stereocenters. The monoisotopic (exact) mass is 260 g/mol. The van der Waals surface area contributed by atoms with Gasteiger partial charge in [-0.25, -0.2) is 0 Å². The van der Waals surface area contributed by atoms with Crippen LogP contribution >= 0.6 is 0 Å². The van der Waals surface area contributed by atoms with E-state index in [1.54, 1.807) is 11.9 Å². The van der Waals surface area contributed by atoms with Gasteiger partial charge in [-0.15, -0.1) is 0 Å². The number of anilines is 1. The first-order valence-electron chi connectivity index (χ1n) is 6.48. The molecular weight excluding hydrogens is 240 g/mol. The van der Waals surface area contributed by atoms with Gasteiger partial charge in [0.1, 0.15) is 0 Å². The fraction of sp³-hybridized carbons (Fsp3) is 0.467. The highest BCUT2D eigenvalue weighted by molar-refractivity contribution is 6.40. The maximum Gasteiger partial charge on any atom is 0.316 e. The zero-order valence-electron chi connectivity index (χ0n) is 11.9. The second-order valence-electron chi connectivity index (χ2n) is 5.98. The van der Waals surface area contributed by atoms with Crippen molar-refractivity contribution in [1.82, 2.24) is 4.90 Å². The fourth-order valence-corrected chi connectivity index (χ4v) is 2.12. The van der Waals surface area contributed by atoms with Gasteiger partial charge in [-0.2, -0.15) is 0 Å². The first-order chi connectivity index (χ1) is 8.80. The van der Waals surface area contributed by atoms with E-state index >= 15 is 0 Å². The average Bonchev–Trinajstić information content (AvgIpc) is 2.35. The number of carbonyl (C=O) groups excluding carboxylic acids is 2. The molecule has 102 valence electrons. The summed E-state index contributed by atoms with van der Waals surface area (Å²) in [6, 6.07) is 7.87. The second kappa shape index (κ2) is 4.68. The Kier molecular flexibility index (Phi) is 3.35. The molecule has 1 fully saturated rings. The molecule has 0 saturated carbocycles. The largest absolute Gasteiger partial charge is 0.336 e. The third-order valence-corrected chi connectivity index (χ3v) is 3.48. The van der Waals surface area contributed by atoms with Crippen LogP contribution in [0.15, 0.2) is 24.3 Å². The van der Waals surface area contributed by atoms with Crippen molar-refractivity contribution in [3.05, 3.63) is 29.8 Å². The lowest BCUT2D eigenvalue weighted by atomic mass is 9.87. The van der Waals surface area contributed by atoms with Gasteiger partial charge in [-0.1, -0.05) is 32.9 Å². The highest BCUT2D eigenvalue weighted by Crippen LogP contribution is 2.25. The molecule has 4 nitrogen and oxygen atoms in total. The van der Waals surface area contributed by atoms with Gasteiger partial charge >= 0.3 is 11.8 Å². The van der Waals surface area contributed by atoms with E-state index in [4.69, 9.17) is 0 Å². The van der Waals surface area contributed by atoms with Gasteiger partial charge in [-0.05, 0) is 23.1 Å². The molecule has 1 aliphatic heterocycles. The SMILES string of the molecule is CN1CCN(c2ccc(C(C)(C)C)cc2)C(=O)C1=O. The zero-order chi connectivity index (χ0) is 14.2. The number of rotatable bonds is 1. The van der Waals surface area contributed by atoms with E-state index < -0.39 is 11.8 Å². The molecule has 1 aliphatic rings. The standard InChI is InChI=1S/C15H20N2O2/c1-15(2,3)11-5-7-12(8-6-11)17-10-9-16(4)13(18)14(17)19/h5-8H,9-10H2,1-4H3. The minimum absolute atomic E-state index is 0.0838. The molecule has 0 radical (unpaired) electrons. The van der Waals surface area contributed by atoms with Crippen LogP contribution in [0.2, 0.25) is 0 Å². The Bertz CT molecular complexity index is 500. The summed E-state index contributed by atoms with van der Waals surface area (Å²) in [6.07, 6.45) is 0. The van der Waals surface area contributed by atoms with E-state index in [9.17, 15) is 9.59 Å². The summed E-state index contributed by atoms with van der Waals surface area (Å²) >= 11 is 0.